The van der Waals surface area contributed by atoms with Crippen molar-refractivity contribution in [3.63, 3.8) is 0 Å². The first-order valence-electron chi connectivity index (χ1n) is 15.6. The number of carbonyl (C=O) groups is 2. The van der Waals surface area contributed by atoms with E-state index in [9.17, 15) is 9.59 Å². The Balaban J connectivity index is 1.37. The molecule has 0 radical (unpaired) electrons. The van der Waals surface area contributed by atoms with Crippen molar-refractivity contribution in [1.82, 2.24) is 20.4 Å². The minimum atomic E-state index is -0.0761. The maximum Gasteiger partial charge on any atom is 0.231 e. The molecule has 6 heteroatoms. The first-order chi connectivity index (χ1) is 17.7. The van der Waals surface area contributed by atoms with Gasteiger partial charge in [0.15, 0.2) is 0 Å². The molecule has 5 rings (SSSR count). The normalized spacial score (nSPS) is 27.4. The van der Waals surface area contributed by atoms with Gasteiger partial charge in [-0.15, -0.1) is 0 Å². The number of carbonyl (C=O) groups excluding carboxylic acids is 2. The van der Waals surface area contributed by atoms with Gasteiger partial charge in [-0.3, -0.25) is 14.5 Å². The highest BCUT2D eigenvalue weighted by molar-refractivity contribution is 5.81. The Morgan fingerprint density at radius 1 is 0.611 bits per heavy atom. The summed E-state index contributed by atoms with van der Waals surface area (Å²) in [6, 6.07) is 0.605. The Hall–Kier alpha value is -1.72. The maximum atomic E-state index is 14.0. The Labute approximate surface area is 219 Å². The van der Waals surface area contributed by atoms with Gasteiger partial charge in [0, 0.05) is 30.1 Å². The van der Waals surface area contributed by atoms with E-state index in [0.29, 0.717) is 24.4 Å². The van der Waals surface area contributed by atoms with E-state index in [4.69, 9.17) is 0 Å². The van der Waals surface area contributed by atoms with Gasteiger partial charge in [-0.25, -0.2) is 0 Å². The zero-order chi connectivity index (χ0) is 24.7. The van der Waals surface area contributed by atoms with Gasteiger partial charge in [0.05, 0.1) is 6.54 Å². The molecule has 1 heterocycles. The maximum absolute atomic E-state index is 14.0. The van der Waals surface area contributed by atoms with Crippen molar-refractivity contribution in [1.29, 1.82) is 0 Å². The van der Waals surface area contributed by atoms with Crippen molar-refractivity contribution >= 4 is 11.8 Å². The largest absolute Gasteiger partial charge is 0.384 e. The summed E-state index contributed by atoms with van der Waals surface area (Å²) in [5.74, 6) is 1.94. The van der Waals surface area contributed by atoms with Crippen LogP contribution < -0.4 is 10.6 Å². The fraction of sp³-hybridized carbons (Fsp3) is 0.867. The van der Waals surface area contributed by atoms with Crippen LogP contribution in [0.1, 0.15) is 128 Å². The number of nitrogens with zero attached hydrogens (tertiary/aromatic N) is 2. The summed E-state index contributed by atoms with van der Waals surface area (Å²) in [4.78, 5) is 32.4. The molecule has 2 N–H and O–H groups in total. The van der Waals surface area contributed by atoms with Crippen molar-refractivity contribution in [2.75, 3.05) is 6.54 Å². The highest BCUT2D eigenvalue weighted by Crippen LogP contribution is 2.34. The molecule has 0 bridgehead atoms. The Morgan fingerprint density at radius 2 is 1.08 bits per heavy atom. The lowest BCUT2D eigenvalue weighted by atomic mass is 9.86. The van der Waals surface area contributed by atoms with E-state index in [0.717, 1.165) is 57.2 Å². The number of hydrogen-bond donors (Lipinski definition) is 2. The molecule has 1 atom stereocenters. The number of hydrogen-bond acceptors (Lipinski definition) is 4. The highest BCUT2D eigenvalue weighted by Gasteiger charge is 2.40. The highest BCUT2D eigenvalue weighted by atomic mass is 16.2. The number of nitrogens with one attached hydrogen (secondary N) is 2. The van der Waals surface area contributed by atoms with Gasteiger partial charge in [-0.2, -0.15) is 0 Å². The summed E-state index contributed by atoms with van der Waals surface area (Å²) in [5, 5.41) is 7.32. The molecule has 2 amide bonds. The van der Waals surface area contributed by atoms with E-state index in [2.05, 4.69) is 20.4 Å². The minimum Gasteiger partial charge on any atom is -0.384 e. The van der Waals surface area contributed by atoms with E-state index in [-0.39, 0.29) is 24.0 Å². The van der Waals surface area contributed by atoms with E-state index < -0.39 is 0 Å². The molecular weight excluding hydrogens is 448 g/mol. The van der Waals surface area contributed by atoms with Crippen LogP contribution in [0.5, 0.6) is 0 Å². The molecule has 4 aliphatic carbocycles. The average Bonchev–Trinajstić information content (AvgIpc) is 2.96. The molecule has 0 spiro atoms. The fourth-order valence-corrected chi connectivity index (χ4v) is 7.73. The van der Waals surface area contributed by atoms with Crippen molar-refractivity contribution in [2.24, 2.45) is 11.8 Å². The third-order valence-electron chi connectivity index (χ3n) is 9.77. The molecule has 6 nitrogen and oxygen atoms in total. The molecular formula is C30H50N4O2. The predicted octanol–water partition coefficient (Wildman–Crippen LogP) is 5.79. The summed E-state index contributed by atoms with van der Waals surface area (Å²) in [7, 11) is 0. The summed E-state index contributed by atoms with van der Waals surface area (Å²) in [5.41, 5.74) is 0. The topological polar surface area (TPSA) is 64.7 Å². The van der Waals surface area contributed by atoms with Crippen molar-refractivity contribution in [3.05, 3.63) is 12.0 Å². The van der Waals surface area contributed by atoms with Crippen LogP contribution in [0.15, 0.2) is 12.0 Å². The quantitative estimate of drug-likeness (QED) is 0.487. The molecule has 1 unspecified atom stereocenters. The summed E-state index contributed by atoms with van der Waals surface area (Å²) < 4.78 is 0. The molecule has 202 valence electrons. The van der Waals surface area contributed by atoms with Gasteiger partial charge in [0.1, 0.15) is 12.0 Å². The lowest BCUT2D eigenvalue weighted by Gasteiger charge is -2.46. The van der Waals surface area contributed by atoms with Gasteiger partial charge in [-0.05, 0) is 51.4 Å². The van der Waals surface area contributed by atoms with Crippen LogP contribution in [0, 0.1) is 11.8 Å². The second-order valence-corrected chi connectivity index (χ2v) is 12.3. The van der Waals surface area contributed by atoms with Crippen LogP contribution in [0.3, 0.4) is 0 Å². The van der Waals surface area contributed by atoms with Crippen LogP contribution in [0.2, 0.25) is 0 Å². The third kappa shape index (κ3) is 6.05. The predicted molar refractivity (Wildman–Crippen MR) is 144 cm³/mol. The smallest absolute Gasteiger partial charge is 0.231 e. The second-order valence-electron chi connectivity index (χ2n) is 12.3. The molecule has 1 aliphatic heterocycles. The standard InChI is InChI=1S/C30H50N4O2/c35-29(23-13-5-1-6-14-23)33(25-17-9-3-10-18-25)27-21-31-22-28(32-27)34(26-19-11-4-12-20-26)30(36)24-15-7-2-8-16-24/h21,23-26,28,31-32H,1-20,22H2. The molecule has 4 saturated carbocycles. The Bertz CT molecular complexity index is 759. The van der Waals surface area contributed by atoms with Gasteiger partial charge in [0.25, 0.3) is 0 Å². The van der Waals surface area contributed by atoms with Crippen LogP contribution in [-0.2, 0) is 9.59 Å². The van der Waals surface area contributed by atoms with Crippen LogP contribution >= 0.6 is 0 Å². The zero-order valence-electron chi connectivity index (χ0n) is 22.5. The van der Waals surface area contributed by atoms with Gasteiger partial charge in [-0.1, -0.05) is 77.0 Å². The SMILES string of the molecule is O=C(C1CCCCC1)N(C1=CNCC(N(C(=O)C2CCCCC2)C2CCCCC2)N1)C1CCCCC1. The van der Waals surface area contributed by atoms with E-state index in [1.54, 1.807) is 0 Å². The van der Waals surface area contributed by atoms with E-state index in [1.807, 2.05) is 6.20 Å². The first kappa shape index (κ1) is 25.9. The lowest BCUT2D eigenvalue weighted by Crippen LogP contribution is -2.62. The van der Waals surface area contributed by atoms with Crippen LogP contribution in [0.25, 0.3) is 0 Å². The van der Waals surface area contributed by atoms with Gasteiger partial charge >= 0.3 is 0 Å². The molecule has 0 saturated heterocycles. The number of rotatable bonds is 6. The van der Waals surface area contributed by atoms with Gasteiger partial charge in [0.2, 0.25) is 11.8 Å². The average molecular weight is 499 g/mol. The summed E-state index contributed by atoms with van der Waals surface area (Å²) >= 11 is 0. The van der Waals surface area contributed by atoms with Crippen molar-refractivity contribution < 1.29 is 9.59 Å². The minimum absolute atomic E-state index is 0.0761. The fourth-order valence-electron chi connectivity index (χ4n) is 7.73. The third-order valence-corrected chi connectivity index (χ3v) is 9.77. The van der Waals surface area contributed by atoms with E-state index in [1.165, 1.54) is 77.0 Å². The molecule has 36 heavy (non-hydrogen) atoms. The van der Waals surface area contributed by atoms with Crippen molar-refractivity contribution in [2.45, 2.75) is 147 Å². The van der Waals surface area contributed by atoms with Crippen LogP contribution in [-0.4, -0.2) is 46.4 Å². The molecule has 0 aromatic rings. The van der Waals surface area contributed by atoms with E-state index >= 15 is 0 Å². The second kappa shape index (κ2) is 12.7. The number of amides is 2. The Morgan fingerprint density at radius 3 is 1.64 bits per heavy atom. The van der Waals surface area contributed by atoms with Crippen LogP contribution in [0.4, 0.5) is 0 Å². The molecule has 0 aromatic carbocycles. The summed E-state index contributed by atoms with van der Waals surface area (Å²) in [6.07, 6.45) is 25.2. The van der Waals surface area contributed by atoms with Gasteiger partial charge < -0.3 is 15.5 Å². The molecule has 4 fully saturated rings. The summed E-state index contributed by atoms with van der Waals surface area (Å²) in [6.45, 7) is 0.717. The molecule has 0 aromatic heterocycles. The molecule has 5 aliphatic rings. The Kier molecular flexibility index (Phi) is 9.13. The lowest BCUT2D eigenvalue weighted by molar-refractivity contribution is -0.144. The zero-order valence-corrected chi connectivity index (χ0v) is 22.5. The monoisotopic (exact) mass is 498 g/mol. The van der Waals surface area contributed by atoms with Crippen molar-refractivity contribution in [3.8, 4) is 0 Å². The first-order valence-corrected chi connectivity index (χ1v) is 15.6.